The monoisotopic (exact) mass is 244 g/mol. The molecule has 0 aromatic carbocycles. The standard InChI is InChI=1S/C13H16N4O/c1-10-12(9-17(2)16-10)15-13(18)4-3-11-5-7-14-8-6-11/h5-9H,3-4H2,1-2H3,(H,15,18). The summed E-state index contributed by atoms with van der Waals surface area (Å²) in [6, 6.07) is 3.84. The van der Waals surface area contributed by atoms with Gasteiger partial charge >= 0.3 is 0 Å². The number of hydrogen-bond acceptors (Lipinski definition) is 3. The van der Waals surface area contributed by atoms with E-state index in [9.17, 15) is 4.79 Å². The fourth-order valence-electron chi connectivity index (χ4n) is 1.74. The smallest absolute Gasteiger partial charge is 0.224 e. The van der Waals surface area contributed by atoms with Crippen LogP contribution in [0.25, 0.3) is 0 Å². The Morgan fingerprint density at radius 3 is 2.72 bits per heavy atom. The molecule has 0 radical (unpaired) electrons. The maximum Gasteiger partial charge on any atom is 0.224 e. The van der Waals surface area contributed by atoms with Crippen LogP contribution in [0, 0.1) is 6.92 Å². The number of nitrogens with one attached hydrogen (secondary N) is 1. The van der Waals surface area contributed by atoms with Gasteiger partial charge in [-0.1, -0.05) is 0 Å². The molecule has 0 saturated heterocycles. The molecule has 0 aliphatic carbocycles. The number of carbonyl (C=O) groups is 1. The van der Waals surface area contributed by atoms with Crippen LogP contribution in [0.15, 0.2) is 30.7 Å². The molecule has 2 aromatic rings. The predicted octanol–water partition coefficient (Wildman–Crippen LogP) is 1.69. The largest absolute Gasteiger partial charge is 0.323 e. The molecule has 0 aliphatic heterocycles. The van der Waals surface area contributed by atoms with Crippen LogP contribution < -0.4 is 5.32 Å². The normalized spacial score (nSPS) is 10.3. The SMILES string of the molecule is Cc1nn(C)cc1NC(=O)CCc1ccncc1. The van der Waals surface area contributed by atoms with E-state index in [1.54, 1.807) is 23.3 Å². The molecule has 94 valence electrons. The summed E-state index contributed by atoms with van der Waals surface area (Å²) in [6.45, 7) is 1.87. The first-order chi connectivity index (χ1) is 8.65. The Balaban J connectivity index is 1.88. The van der Waals surface area contributed by atoms with Gasteiger partial charge in [0, 0.05) is 32.1 Å². The summed E-state index contributed by atoms with van der Waals surface area (Å²) >= 11 is 0. The van der Waals surface area contributed by atoms with Crippen molar-refractivity contribution >= 4 is 11.6 Å². The van der Waals surface area contributed by atoms with Crippen molar-refractivity contribution in [2.75, 3.05) is 5.32 Å². The van der Waals surface area contributed by atoms with E-state index in [-0.39, 0.29) is 5.91 Å². The van der Waals surface area contributed by atoms with Crippen LogP contribution in [0.4, 0.5) is 5.69 Å². The highest BCUT2D eigenvalue weighted by molar-refractivity contribution is 5.91. The Bertz CT molecular complexity index is 533. The molecule has 5 heteroatoms. The molecular formula is C13H16N4O. The van der Waals surface area contributed by atoms with E-state index >= 15 is 0 Å². The van der Waals surface area contributed by atoms with Crippen molar-refractivity contribution in [2.24, 2.45) is 7.05 Å². The predicted molar refractivity (Wildman–Crippen MR) is 69.1 cm³/mol. The van der Waals surface area contributed by atoms with Gasteiger partial charge in [0.1, 0.15) is 0 Å². The van der Waals surface area contributed by atoms with Crippen molar-refractivity contribution in [3.05, 3.63) is 42.0 Å². The lowest BCUT2D eigenvalue weighted by Gasteiger charge is -2.03. The number of aryl methyl sites for hydroxylation is 3. The maximum atomic E-state index is 11.8. The summed E-state index contributed by atoms with van der Waals surface area (Å²) in [5.41, 5.74) is 2.72. The van der Waals surface area contributed by atoms with Crippen LogP contribution in [-0.2, 0) is 18.3 Å². The molecule has 1 N–H and O–H groups in total. The van der Waals surface area contributed by atoms with Gasteiger partial charge in [0.2, 0.25) is 5.91 Å². The van der Waals surface area contributed by atoms with Crippen LogP contribution in [-0.4, -0.2) is 20.7 Å². The number of carbonyl (C=O) groups excluding carboxylic acids is 1. The van der Waals surface area contributed by atoms with Gasteiger partial charge in [-0.15, -0.1) is 0 Å². The van der Waals surface area contributed by atoms with Gasteiger partial charge in [-0.2, -0.15) is 5.10 Å². The third-order valence-electron chi connectivity index (χ3n) is 2.68. The number of amides is 1. The average Bonchev–Trinajstić information content (AvgIpc) is 2.67. The maximum absolute atomic E-state index is 11.8. The molecule has 0 unspecified atom stereocenters. The summed E-state index contributed by atoms with van der Waals surface area (Å²) in [7, 11) is 1.83. The molecule has 1 amide bonds. The van der Waals surface area contributed by atoms with Gasteiger partial charge in [0.25, 0.3) is 0 Å². The van der Waals surface area contributed by atoms with Crippen molar-refractivity contribution in [1.29, 1.82) is 0 Å². The van der Waals surface area contributed by atoms with Gasteiger partial charge < -0.3 is 5.32 Å². The van der Waals surface area contributed by atoms with Crippen LogP contribution in [0.5, 0.6) is 0 Å². The highest BCUT2D eigenvalue weighted by atomic mass is 16.1. The summed E-state index contributed by atoms with van der Waals surface area (Å²) in [5, 5.41) is 7.04. The number of rotatable bonds is 4. The second-order valence-electron chi connectivity index (χ2n) is 4.21. The molecule has 2 aromatic heterocycles. The molecule has 0 fully saturated rings. The Morgan fingerprint density at radius 2 is 2.11 bits per heavy atom. The Morgan fingerprint density at radius 1 is 1.39 bits per heavy atom. The highest BCUT2D eigenvalue weighted by Crippen LogP contribution is 2.12. The van der Waals surface area contributed by atoms with Crippen LogP contribution >= 0.6 is 0 Å². The van der Waals surface area contributed by atoms with E-state index < -0.39 is 0 Å². The van der Waals surface area contributed by atoms with E-state index in [1.807, 2.05) is 26.1 Å². The Kier molecular flexibility index (Phi) is 3.72. The van der Waals surface area contributed by atoms with E-state index in [0.717, 1.165) is 16.9 Å². The molecule has 0 spiro atoms. The first kappa shape index (κ1) is 12.3. The second kappa shape index (κ2) is 5.44. The fourth-order valence-corrected chi connectivity index (χ4v) is 1.74. The number of aromatic nitrogens is 3. The molecule has 0 aliphatic rings. The average molecular weight is 244 g/mol. The summed E-state index contributed by atoms with van der Waals surface area (Å²) in [6.07, 6.45) is 6.45. The number of anilines is 1. The molecule has 2 rings (SSSR count). The minimum absolute atomic E-state index is 0.00270. The molecule has 0 saturated carbocycles. The van der Waals surface area contributed by atoms with Crippen LogP contribution in [0.2, 0.25) is 0 Å². The second-order valence-corrected chi connectivity index (χ2v) is 4.21. The van der Waals surface area contributed by atoms with Crippen molar-refractivity contribution in [3.63, 3.8) is 0 Å². The Hall–Kier alpha value is -2.17. The van der Waals surface area contributed by atoms with Crippen molar-refractivity contribution in [2.45, 2.75) is 19.8 Å². The first-order valence-electron chi connectivity index (χ1n) is 5.84. The molecular weight excluding hydrogens is 228 g/mol. The van der Waals surface area contributed by atoms with E-state index in [1.165, 1.54) is 0 Å². The van der Waals surface area contributed by atoms with Crippen LogP contribution in [0.3, 0.4) is 0 Å². The van der Waals surface area contributed by atoms with Gasteiger partial charge in [-0.25, -0.2) is 0 Å². The summed E-state index contributed by atoms with van der Waals surface area (Å²) < 4.78 is 1.69. The molecule has 5 nitrogen and oxygen atoms in total. The molecule has 2 heterocycles. The molecule has 0 atom stereocenters. The lowest BCUT2D eigenvalue weighted by molar-refractivity contribution is -0.116. The molecule has 0 bridgehead atoms. The van der Waals surface area contributed by atoms with E-state index in [0.29, 0.717) is 12.8 Å². The minimum Gasteiger partial charge on any atom is -0.323 e. The van der Waals surface area contributed by atoms with Gasteiger partial charge in [-0.3, -0.25) is 14.5 Å². The zero-order chi connectivity index (χ0) is 13.0. The van der Waals surface area contributed by atoms with Crippen molar-refractivity contribution < 1.29 is 4.79 Å². The van der Waals surface area contributed by atoms with Crippen molar-refractivity contribution in [3.8, 4) is 0 Å². The van der Waals surface area contributed by atoms with E-state index in [2.05, 4.69) is 15.4 Å². The van der Waals surface area contributed by atoms with Gasteiger partial charge in [-0.05, 0) is 31.0 Å². The van der Waals surface area contributed by atoms with Gasteiger partial charge in [0.05, 0.1) is 11.4 Å². The summed E-state index contributed by atoms with van der Waals surface area (Å²) in [4.78, 5) is 15.7. The van der Waals surface area contributed by atoms with Gasteiger partial charge in [0.15, 0.2) is 0 Å². The minimum atomic E-state index is 0.00270. The third-order valence-corrected chi connectivity index (χ3v) is 2.68. The number of hydrogen-bond donors (Lipinski definition) is 1. The lowest BCUT2D eigenvalue weighted by atomic mass is 10.1. The lowest BCUT2D eigenvalue weighted by Crippen LogP contribution is -2.12. The third kappa shape index (κ3) is 3.16. The number of pyridine rings is 1. The van der Waals surface area contributed by atoms with Crippen LogP contribution in [0.1, 0.15) is 17.7 Å². The quantitative estimate of drug-likeness (QED) is 0.890. The Labute approximate surface area is 106 Å². The first-order valence-corrected chi connectivity index (χ1v) is 5.84. The summed E-state index contributed by atoms with van der Waals surface area (Å²) in [5.74, 6) is 0.00270. The highest BCUT2D eigenvalue weighted by Gasteiger charge is 2.07. The van der Waals surface area contributed by atoms with Crippen molar-refractivity contribution in [1.82, 2.24) is 14.8 Å². The fraction of sp³-hybridized carbons (Fsp3) is 0.308. The topological polar surface area (TPSA) is 59.8 Å². The number of nitrogens with zero attached hydrogens (tertiary/aromatic N) is 3. The zero-order valence-electron chi connectivity index (χ0n) is 10.6. The van der Waals surface area contributed by atoms with E-state index in [4.69, 9.17) is 0 Å². The molecule has 18 heavy (non-hydrogen) atoms. The zero-order valence-corrected chi connectivity index (χ0v) is 10.6.